The van der Waals surface area contributed by atoms with Gasteiger partial charge in [0.25, 0.3) is 0 Å². The number of anilines is 2. The molecule has 1 aliphatic rings. The normalized spacial score (nSPS) is 12.4. The van der Waals surface area contributed by atoms with Gasteiger partial charge in [0.1, 0.15) is 0 Å². The molecule has 0 aromatic heterocycles. The molecule has 0 saturated heterocycles. The van der Waals surface area contributed by atoms with Crippen molar-refractivity contribution < 1.29 is 9.53 Å². The first-order chi connectivity index (χ1) is 9.20. The molecule has 0 radical (unpaired) electrons. The number of Topliss-reactive ketones (excluding diaryl/α,β-unsaturated/α-hetero) is 1. The van der Waals surface area contributed by atoms with Crippen LogP contribution < -0.4 is 9.64 Å². The highest BCUT2D eigenvalue weighted by Gasteiger charge is 2.23. The second-order valence-electron chi connectivity index (χ2n) is 4.55. The van der Waals surface area contributed by atoms with Gasteiger partial charge < -0.3 is 9.64 Å². The number of carbonyl (C=O) groups is 1. The van der Waals surface area contributed by atoms with Gasteiger partial charge in [-0.25, -0.2) is 0 Å². The summed E-state index contributed by atoms with van der Waals surface area (Å²) < 4.78 is 5.91. The summed E-state index contributed by atoms with van der Waals surface area (Å²) in [6.45, 7) is 4.52. The van der Waals surface area contributed by atoms with E-state index >= 15 is 0 Å². The first-order valence-corrected chi connectivity index (χ1v) is 6.40. The van der Waals surface area contributed by atoms with Gasteiger partial charge in [-0.15, -0.1) is 0 Å². The van der Waals surface area contributed by atoms with Gasteiger partial charge in [0.2, 0.25) is 0 Å². The Morgan fingerprint density at radius 2 is 1.84 bits per heavy atom. The van der Waals surface area contributed by atoms with Crippen LogP contribution in [0, 0.1) is 0 Å². The van der Waals surface area contributed by atoms with Crippen LogP contribution in [-0.2, 0) is 0 Å². The van der Waals surface area contributed by atoms with Gasteiger partial charge in [-0.05, 0) is 44.2 Å². The number of para-hydroxylation sites is 2. The van der Waals surface area contributed by atoms with Gasteiger partial charge >= 0.3 is 0 Å². The number of hydrogen-bond acceptors (Lipinski definition) is 3. The highest BCUT2D eigenvalue weighted by atomic mass is 16.5. The van der Waals surface area contributed by atoms with Crippen molar-refractivity contribution in [2.24, 2.45) is 0 Å². The molecule has 0 unspecified atom stereocenters. The summed E-state index contributed by atoms with van der Waals surface area (Å²) in [7, 11) is 0. The smallest absolute Gasteiger partial charge is 0.159 e. The van der Waals surface area contributed by atoms with Gasteiger partial charge in [0.15, 0.2) is 17.3 Å². The molecule has 0 fully saturated rings. The van der Waals surface area contributed by atoms with Crippen molar-refractivity contribution in [2.75, 3.05) is 11.4 Å². The van der Waals surface area contributed by atoms with E-state index in [0.29, 0.717) is 5.56 Å². The van der Waals surface area contributed by atoms with E-state index in [0.717, 1.165) is 29.4 Å². The van der Waals surface area contributed by atoms with E-state index in [4.69, 9.17) is 4.74 Å². The summed E-state index contributed by atoms with van der Waals surface area (Å²) in [6, 6.07) is 13.6. The molecule has 3 nitrogen and oxygen atoms in total. The van der Waals surface area contributed by atoms with Crippen LogP contribution in [0.3, 0.4) is 0 Å². The molecular formula is C16H15NO2. The number of rotatable bonds is 2. The van der Waals surface area contributed by atoms with Crippen LogP contribution in [0.2, 0.25) is 0 Å². The standard InChI is InChI=1S/C16H15NO2/c1-3-17-13-6-4-5-7-15(13)19-16-10-12(11(2)18)8-9-14(16)17/h4-10H,3H2,1-2H3. The maximum atomic E-state index is 11.5. The molecule has 2 aromatic rings. The molecule has 0 atom stereocenters. The van der Waals surface area contributed by atoms with E-state index < -0.39 is 0 Å². The third kappa shape index (κ3) is 1.87. The Bertz CT molecular complexity index is 649. The van der Waals surface area contributed by atoms with Crippen molar-refractivity contribution in [2.45, 2.75) is 13.8 Å². The van der Waals surface area contributed by atoms with E-state index in [1.165, 1.54) is 0 Å². The molecule has 3 rings (SSSR count). The lowest BCUT2D eigenvalue weighted by molar-refractivity contribution is 0.101. The molecule has 1 aliphatic heterocycles. The number of hydrogen-bond donors (Lipinski definition) is 0. The van der Waals surface area contributed by atoms with Crippen molar-refractivity contribution in [1.29, 1.82) is 0 Å². The van der Waals surface area contributed by atoms with Gasteiger partial charge in [0, 0.05) is 12.1 Å². The van der Waals surface area contributed by atoms with Crippen LogP contribution in [0.5, 0.6) is 11.5 Å². The molecule has 96 valence electrons. The number of ketones is 1. The zero-order valence-corrected chi connectivity index (χ0v) is 11.0. The van der Waals surface area contributed by atoms with E-state index in [-0.39, 0.29) is 5.78 Å². The second-order valence-corrected chi connectivity index (χ2v) is 4.55. The second kappa shape index (κ2) is 4.43. The van der Waals surface area contributed by atoms with Crippen LogP contribution in [0.1, 0.15) is 24.2 Å². The van der Waals surface area contributed by atoms with Crippen LogP contribution in [0.15, 0.2) is 42.5 Å². The molecule has 2 aromatic carbocycles. The van der Waals surface area contributed by atoms with Gasteiger partial charge in [-0.1, -0.05) is 12.1 Å². The molecule has 1 heterocycles. The zero-order valence-electron chi connectivity index (χ0n) is 11.0. The Kier molecular flexibility index (Phi) is 2.75. The topological polar surface area (TPSA) is 29.5 Å². The SMILES string of the molecule is CCN1c2ccccc2Oc2cc(C(C)=O)ccc21. The predicted molar refractivity (Wildman–Crippen MR) is 75.6 cm³/mol. The van der Waals surface area contributed by atoms with Crippen molar-refractivity contribution in [3.8, 4) is 11.5 Å². The lowest BCUT2D eigenvalue weighted by atomic mass is 10.1. The molecule has 0 N–H and O–H groups in total. The monoisotopic (exact) mass is 253 g/mol. The fourth-order valence-corrected chi connectivity index (χ4v) is 2.39. The third-order valence-corrected chi connectivity index (χ3v) is 3.35. The van der Waals surface area contributed by atoms with E-state index in [2.05, 4.69) is 11.8 Å². The molecule has 0 aliphatic carbocycles. The molecule has 3 heteroatoms. The first-order valence-electron chi connectivity index (χ1n) is 6.40. The van der Waals surface area contributed by atoms with Gasteiger partial charge in [-0.3, -0.25) is 4.79 Å². The van der Waals surface area contributed by atoms with Crippen LogP contribution in [0.4, 0.5) is 11.4 Å². The van der Waals surface area contributed by atoms with Crippen molar-refractivity contribution in [3.63, 3.8) is 0 Å². The van der Waals surface area contributed by atoms with Crippen LogP contribution in [0.25, 0.3) is 0 Å². The molecular weight excluding hydrogens is 238 g/mol. The zero-order chi connectivity index (χ0) is 13.4. The number of fused-ring (bicyclic) bond motifs is 2. The fourth-order valence-electron chi connectivity index (χ4n) is 2.39. The fraction of sp³-hybridized carbons (Fsp3) is 0.188. The third-order valence-electron chi connectivity index (χ3n) is 3.35. The number of carbonyl (C=O) groups excluding carboxylic acids is 1. The minimum atomic E-state index is 0.0494. The lowest BCUT2D eigenvalue weighted by Gasteiger charge is -2.32. The highest BCUT2D eigenvalue weighted by Crippen LogP contribution is 2.46. The van der Waals surface area contributed by atoms with Crippen LogP contribution >= 0.6 is 0 Å². The van der Waals surface area contributed by atoms with E-state index in [9.17, 15) is 4.79 Å². The summed E-state index contributed by atoms with van der Waals surface area (Å²) in [5.41, 5.74) is 2.74. The summed E-state index contributed by atoms with van der Waals surface area (Å²) in [5, 5.41) is 0. The highest BCUT2D eigenvalue weighted by molar-refractivity contribution is 5.95. The van der Waals surface area contributed by atoms with E-state index in [1.54, 1.807) is 6.92 Å². The lowest BCUT2D eigenvalue weighted by Crippen LogP contribution is -2.20. The summed E-state index contributed by atoms with van der Waals surface area (Å²) in [4.78, 5) is 13.7. The largest absolute Gasteiger partial charge is 0.453 e. The Labute approximate surface area is 112 Å². The Morgan fingerprint density at radius 1 is 1.11 bits per heavy atom. The molecule has 0 amide bonds. The molecule has 19 heavy (non-hydrogen) atoms. The summed E-state index contributed by atoms with van der Waals surface area (Å²) >= 11 is 0. The van der Waals surface area contributed by atoms with Crippen LogP contribution in [-0.4, -0.2) is 12.3 Å². The van der Waals surface area contributed by atoms with Gasteiger partial charge in [0.05, 0.1) is 11.4 Å². The average molecular weight is 253 g/mol. The minimum Gasteiger partial charge on any atom is -0.453 e. The quantitative estimate of drug-likeness (QED) is 0.753. The first kappa shape index (κ1) is 11.8. The van der Waals surface area contributed by atoms with Crippen molar-refractivity contribution in [1.82, 2.24) is 0 Å². The average Bonchev–Trinajstić information content (AvgIpc) is 2.43. The molecule has 0 spiro atoms. The minimum absolute atomic E-state index is 0.0494. The van der Waals surface area contributed by atoms with Crippen molar-refractivity contribution >= 4 is 17.2 Å². The summed E-state index contributed by atoms with van der Waals surface area (Å²) in [6.07, 6.45) is 0. The Morgan fingerprint density at radius 3 is 2.58 bits per heavy atom. The Balaban J connectivity index is 2.14. The van der Waals surface area contributed by atoms with E-state index in [1.807, 2.05) is 42.5 Å². The van der Waals surface area contributed by atoms with Gasteiger partial charge in [-0.2, -0.15) is 0 Å². The summed E-state index contributed by atoms with van der Waals surface area (Å²) in [5.74, 6) is 1.62. The molecule has 0 bridgehead atoms. The number of nitrogens with zero attached hydrogens (tertiary/aromatic N) is 1. The number of ether oxygens (including phenoxy) is 1. The maximum absolute atomic E-state index is 11.5. The Hall–Kier alpha value is -2.29. The van der Waals surface area contributed by atoms with Crippen molar-refractivity contribution in [3.05, 3.63) is 48.0 Å². The maximum Gasteiger partial charge on any atom is 0.159 e. The number of benzene rings is 2. The predicted octanol–water partition coefficient (Wildman–Crippen LogP) is 4.15. The molecule has 0 saturated carbocycles.